The molecule has 0 aliphatic carbocycles. The van der Waals surface area contributed by atoms with Crippen LogP contribution in [0.1, 0.15) is 17.5 Å². The van der Waals surface area contributed by atoms with Crippen LogP contribution >= 0.6 is 22.9 Å². The van der Waals surface area contributed by atoms with Crippen LogP contribution < -0.4 is 9.62 Å². The van der Waals surface area contributed by atoms with Crippen LogP contribution in [0, 0.1) is 0 Å². The van der Waals surface area contributed by atoms with Gasteiger partial charge < -0.3 is 4.90 Å². The molecule has 3 aromatic rings. The second-order valence-corrected chi connectivity index (χ2v) is 10.1. The van der Waals surface area contributed by atoms with Crippen LogP contribution in [-0.2, 0) is 27.8 Å². The van der Waals surface area contributed by atoms with Crippen molar-refractivity contribution in [2.45, 2.75) is 23.6 Å². The van der Waals surface area contributed by atoms with Crippen LogP contribution in [-0.4, -0.2) is 14.3 Å². The van der Waals surface area contributed by atoms with E-state index in [1.165, 1.54) is 6.07 Å². The van der Waals surface area contributed by atoms with Gasteiger partial charge in [0.15, 0.2) is 0 Å². The summed E-state index contributed by atoms with van der Waals surface area (Å²) in [7, 11) is -3.69. The van der Waals surface area contributed by atoms with Gasteiger partial charge in [0.05, 0.1) is 10.9 Å². The van der Waals surface area contributed by atoms with E-state index in [9.17, 15) is 13.2 Å². The monoisotopic (exact) mass is 432 g/mol. The Morgan fingerprint density at radius 3 is 2.54 bits per heavy atom. The Balaban J connectivity index is 1.60. The maximum absolute atomic E-state index is 12.5. The molecule has 144 valence electrons. The van der Waals surface area contributed by atoms with E-state index in [0.717, 1.165) is 28.2 Å². The number of anilines is 2. The first-order valence-corrected chi connectivity index (χ1v) is 11.4. The van der Waals surface area contributed by atoms with Crippen LogP contribution in [0.15, 0.2) is 64.9 Å². The number of aryl methyl sites for hydroxylation is 1. The quantitative estimate of drug-likeness (QED) is 0.636. The number of rotatable bonds is 5. The first-order valence-electron chi connectivity index (χ1n) is 8.68. The Morgan fingerprint density at radius 2 is 1.82 bits per heavy atom. The van der Waals surface area contributed by atoms with Crippen LogP contribution in [0.4, 0.5) is 11.4 Å². The summed E-state index contributed by atoms with van der Waals surface area (Å²) in [6, 6.07) is 18.1. The highest BCUT2D eigenvalue weighted by molar-refractivity contribution is 7.94. The molecule has 2 heterocycles. The van der Waals surface area contributed by atoms with E-state index in [-0.39, 0.29) is 10.1 Å². The SMILES string of the molecule is O=C1CCc2cc(NS(=O)(=O)c3ccc(Cl)s3)ccc2N1Cc1ccccc1. The molecule has 0 atom stereocenters. The van der Waals surface area contributed by atoms with Crippen molar-refractivity contribution in [1.29, 1.82) is 0 Å². The fourth-order valence-corrected chi connectivity index (χ4v) is 5.74. The summed E-state index contributed by atoms with van der Waals surface area (Å²) < 4.78 is 28.2. The van der Waals surface area contributed by atoms with Crippen LogP contribution in [0.3, 0.4) is 0 Å². The molecule has 5 nitrogen and oxygen atoms in total. The number of benzene rings is 2. The average Bonchev–Trinajstić information content (AvgIpc) is 3.12. The van der Waals surface area contributed by atoms with Gasteiger partial charge in [0.2, 0.25) is 5.91 Å². The summed E-state index contributed by atoms with van der Waals surface area (Å²) in [4.78, 5) is 14.2. The Hall–Kier alpha value is -2.35. The van der Waals surface area contributed by atoms with Gasteiger partial charge in [-0.2, -0.15) is 0 Å². The molecule has 0 bridgehead atoms. The molecule has 1 aliphatic heterocycles. The molecule has 0 saturated heterocycles. The third-order valence-electron chi connectivity index (χ3n) is 4.53. The summed E-state index contributed by atoms with van der Waals surface area (Å²) in [5.74, 6) is 0.0675. The van der Waals surface area contributed by atoms with Crippen LogP contribution in [0.5, 0.6) is 0 Å². The van der Waals surface area contributed by atoms with Gasteiger partial charge in [-0.25, -0.2) is 8.42 Å². The number of amides is 1. The van der Waals surface area contributed by atoms with E-state index < -0.39 is 10.0 Å². The molecular weight excluding hydrogens is 416 g/mol. The highest BCUT2D eigenvalue weighted by Crippen LogP contribution is 2.33. The van der Waals surface area contributed by atoms with Crippen molar-refractivity contribution in [1.82, 2.24) is 0 Å². The molecule has 28 heavy (non-hydrogen) atoms. The molecule has 2 aromatic carbocycles. The van der Waals surface area contributed by atoms with E-state index in [4.69, 9.17) is 11.6 Å². The van der Waals surface area contributed by atoms with Crippen LogP contribution in [0.25, 0.3) is 0 Å². The molecule has 1 aromatic heterocycles. The number of nitrogens with zero attached hydrogens (tertiary/aromatic N) is 1. The minimum atomic E-state index is -3.69. The van der Waals surface area contributed by atoms with E-state index in [0.29, 0.717) is 29.4 Å². The zero-order valence-corrected chi connectivity index (χ0v) is 17.2. The first kappa shape index (κ1) is 19.0. The molecular formula is C20H17ClN2O3S2. The van der Waals surface area contributed by atoms with Gasteiger partial charge in [0, 0.05) is 17.8 Å². The lowest BCUT2D eigenvalue weighted by Gasteiger charge is -2.30. The van der Waals surface area contributed by atoms with E-state index in [1.54, 1.807) is 29.2 Å². The van der Waals surface area contributed by atoms with E-state index in [2.05, 4.69) is 4.72 Å². The zero-order chi connectivity index (χ0) is 19.7. The number of fused-ring (bicyclic) bond motifs is 1. The summed E-state index contributed by atoms with van der Waals surface area (Å²) in [6.07, 6.45) is 0.983. The Bertz CT molecular complexity index is 1130. The largest absolute Gasteiger partial charge is 0.308 e. The molecule has 1 amide bonds. The molecule has 1 aliphatic rings. The Labute approximate surface area is 172 Å². The maximum atomic E-state index is 12.5. The van der Waals surface area contributed by atoms with Gasteiger partial charge in [0.1, 0.15) is 4.21 Å². The van der Waals surface area contributed by atoms with Gasteiger partial charge >= 0.3 is 0 Å². The lowest BCUT2D eigenvalue weighted by Crippen LogP contribution is -2.34. The highest BCUT2D eigenvalue weighted by atomic mass is 35.5. The zero-order valence-electron chi connectivity index (χ0n) is 14.8. The third-order valence-corrected chi connectivity index (χ3v) is 7.63. The van der Waals surface area contributed by atoms with Gasteiger partial charge in [-0.1, -0.05) is 41.9 Å². The third kappa shape index (κ3) is 3.92. The van der Waals surface area contributed by atoms with Crippen LogP contribution in [0.2, 0.25) is 4.34 Å². The number of halogens is 1. The minimum absolute atomic E-state index is 0.0675. The number of nitrogens with one attached hydrogen (secondary N) is 1. The van der Waals surface area contributed by atoms with Crippen molar-refractivity contribution in [2.24, 2.45) is 0 Å². The summed E-state index contributed by atoms with van der Waals surface area (Å²) in [5.41, 5.74) is 3.28. The van der Waals surface area contributed by atoms with Gasteiger partial charge in [-0.3, -0.25) is 9.52 Å². The number of carbonyl (C=O) groups excluding carboxylic acids is 1. The Morgan fingerprint density at radius 1 is 1.04 bits per heavy atom. The molecule has 0 radical (unpaired) electrons. The van der Waals surface area contributed by atoms with Gasteiger partial charge in [0.25, 0.3) is 10.0 Å². The average molecular weight is 433 g/mol. The number of hydrogen-bond donors (Lipinski definition) is 1. The fraction of sp³-hybridized carbons (Fsp3) is 0.150. The number of carbonyl (C=O) groups is 1. The van der Waals surface area contributed by atoms with Crippen molar-refractivity contribution in [3.8, 4) is 0 Å². The first-order chi connectivity index (χ1) is 13.4. The maximum Gasteiger partial charge on any atom is 0.271 e. The minimum Gasteiger partial charge on any atom is -0.308 e. The molecule has 0 fully saturated rings. The predicted molar refractivity (Wildman–Crippen MR) is 113 cm³/mol. The lowest BCUT2D eigenvalue weighted by molar-refractivity contribution is -0.119. The Kier molecular flexibility index (Phi) is 5.14. The molecule has 0 spiro atoms. The summed E-state index contributed by atoms with van der Waals surface area (Å²) in [6.45, 7) is 0.492. The number of hydrogen-bond acceptors (Lipinski definition) is 4. The molecule has 0 saturated carbocycles. The normalized spacial score (nSPS) is 14.0. The van der Waals surface area contributed by atoms with Crippen molar-refractivity contribution in [3.63, 3.8) is 0 Å². The smallest absolute Gasteiger partial charge is 0.271 e. The predicted octanol–water partition coefficient (Wildman–Crippen LogP) is 4.68. The van der Waals surface area contributed by atoms with Crippen molar-refractivity contribution in [2.75, 3.05) is 9.62 Å². The topological polar surface area (TPSA) is 66.5 Å². The lowest BCUT2D eigenvalue weighted by atomic mass is 10.00. The molecule has 4 rings (SSSR count). The van der Waals surface area contributed by atoms with Gasteiger partial charge in [-0.15, -0.1) is 11.3 Å². The summed E-state index contributed by atoms with van der Waals surface area (Å²) >= 11 is 6.86. The molecule has 0 unspecified atom stereocenters. The van der Waals surface area contributed by atoms with Crippen molar-refractivity contribution in [3.05, 3.63) is 76.1 Å². The number of thiophene rings is 1. The van der Waals surface area contributed by atoms with Gasteiger partial charge in [-0.05, 0) is 47.9 Å². The van der Waals surface area contributed by atoms with Crippen molar-refractivity contribution >= 4 is 50.2 Å². The summed E-state index contributed by atoms with van der Waals surface area (Å²) in [5, 5.41) is 0. The molecule has 1 N–H and O–H groups in total. The fourth-order valence-electron chi connectivity index (χ4n) is 3.21. The van der Waals surface area contributed by atoms with E-state index in [1.807, 2.05) is 30.3 Å². The van der Waals surface area contributed by atoms with Crippen molar-refractivity contribution < 1.29 is 13.2 Å². The second-order valence-electron chi connectivity index (χ2n) is 6.47. The molecule has 8 heteroatoms. The number of sulfonamides is 1. The standard InChI is InChI=1S/C20H17ClN2O3S2/c21-18-9-11-20(27-18)28(25,26)22-16-7-8-17-15(12-16)6-10-19(24)23(17)13-14-4-2-1-3-5-14/h1-5,7-9,11-12,22H,6,10,13H2. The van der Waals surface area contributed by atoms with E-state index >= 15 is 0 Å². The highest BCUT2D eigenvalue weighted by Gasteiger charge is 2.25. The second kappa shape index (κ2) is 7.58.